The Morgan fingerprint density at radius 1 is 1.00 bits per heavy atom. The van der Waals surface area contributed by atoms with Gasteiger partial charge in [0.25, 0.3) is 0 Å². The molecule has 0 aliphatic rings. The van der Waals surface area contributed by atoms with Gasteiger partial charge in [0, 0.05) is 16.1 Å². The molecule has 0 atom stereocenters. The molecule has 0 aliphatic heterocycles. The van der Waals surface area contributed by atoms with Crippen LogP contribution in [0.3, 0.4) is 0 Å². The first-order valence-corrected chi connectivity index (χ1v) is 9.01. The Balaban J connectivity index is 0.00000288. The molecule has 2 aromatic carbocycles. The van der Waals surface area contributed by atoms with Crippen molar-refractivity contribution in [2.75, 3.05) is 0 Å². The summed E-state index contributed by atoms with van der Waals surface area (Å²) in [6, 6.07) is 9.97. The van der Waals surface area contributed by atoms with Crippen molar-refractivity contribution >= 4 is 31.0 Å². The Labute approximate surface area is 164 Å². The predicted molar refractivity (Wildman–Crippen MR) is 102 cm³/mol. The van der Waals surface area contributed by atoms with Crippen LogP contribution >= 0.6 is 20.2 Å². The van der Waals surface area contributed by atoms with Crippen molar-refractivity contribution in [3.8, 4) is 0 Å². The number of carbonyl (C=O) groups excluding carboxylic acids is 1. The summed E-state index contributed by atoms with van der Waals surface area (Å²) in [7, 11) is 0.688. The monoisotopic (exact) mass is 352 g/mol. The quantitative estimate of drug-likeness (QED) is 0.613. The molecule has 0 bridgehead atoms. The van der Waals surface area contributed by atoms with E-state index in [1.54, 1.807) is 6.07 Å². The summed E-state index contributed by atoms with van der Waals surface area (Å²) in [6.07, 6.45) is 0. The Morgan fingerprint density at radius 2 is 1.54 bits per heavy atom. The largest absolute Gasteiger partial charge is 1.00 e. The van der Waals surface area contributed by atoms with Crippen LogP contribution in [0.1, 0.15) is 53.4 Å². The molecule has 0 unspecified atom stereocenters. The van der Waals surface area contributed by atoms with Gasteiger partial charge in [0.05, 0.1) is 0 Å². The number of aryl methyl sites for hydroxylation is 3. The minimum absolute atomic E-state index is 0. The van der Waals surface area contributed by atoms with Crippen LogP contribution in [0.2, 0.25) is 5.02 Å². The van der Waals surface area contributed by atoms with Crippen LogP contribution in [0.4, 0.5) is 0 Å². The van der Waals surface area contributed by atoms with Gasteiger partial charge in [-0.1, -0.05) is 67.8 Å². The van der Waals surface area contributed by atoms with E-state index in [-0.39, 0.29) is 29.8 Å². The summed E-state index contributed by atoms with van der Waals surface area (Å²) in [5, 5.41) is 1.62. The van der Waals surface area contributed by atoms with Gasteiger partial charge >= 0.3 is 18.9 Å². The summed E-state index contributed by atoms with van der Waals surface area (Å²) < 4.78 is 0. The van der Waals surface area contributed by atoms with Crippen LogP contribution < -0.4 is 24.2 Å². The second kappa shape index (κ2) is 8.20. The van der Waals surface area contributed by atoms with Gasteiger partial charge in [0.15, 0.2) is 0 Å². The van der Waals surface area contributed by atoms with Crippen molar-refractivity contribution in [3.63, 3.8) is 0 Å². The molecule has 0 aliphatic carbocycles. The maximum absolute atomic E-state index is 12.7. The molecular weight excluding hydrogens is 330 g/mol. The molecule has 0 aromatic heterocycles. The fourth-order valence-electron chi connectivity index (χ4n) is 2.63. The summed E-state index contributed by atoms with van der Waals surface area (Å²) >= 11 is 6.23. The molecule has 2 aromatic rings. The van der Waals surface area contributed by atoms with E-state index < -0.39 is 0 Å². The normalized spacial score (nSPS) is 11.6. The third-order valence-corrected chi connectivity index (χ3v) is 5.68. The van der Waals surface area contributed by atoms with Gasteiger partial charge in [-0.15, -0.1) is 0 Å². The SMILES string of the molecule is Cc1cc(C(C)(C)C)cc(C)c1[P-]C(=O)c1c(C)cccc1Cl.[Li+]. The van der Waals surface area contributed by atoms with Crippen molar-refractivity contribution in [2.24, 2.45) is 0 Å². The number of carbonyl (C=O) groups is 1. The maximum Gasteiger partial charge on any atom is 1.00 e. The van der Waals surface area contributed by atoms with Crippen molar-refractivity contribution < 1.29 is 23.7 Å². The number of halogens is 1. The summed E-state index contributed by atoms with van der Waals surface area (Å²) in [6.45, 7) is 12.7. The zero-order chi connectivity index (χ0) is 17.4. The van der Waals surface area contributed by atoms with E-state index in [1.165, 1.54) is 5.56 Å². The molecule has 0 heterocycles. The van der Waals surface area contributed by atoms with Crippen LogP contribution in [0.5, 0.6) is 0 Å². The van der Waals surface area contributed by atoms with E-state index in [9.17, 15) is 4.79 Å². The van der Waals surface area contributed by atoms with Gasteiger partial charge in [-0.05, 0) is 43.4 Å². The van der Waals surface area contributed by atoms with Gasteiger partial charge in [-0.3, -0.25) is 0 Å². The average molecular weight is 353 g/mol. The second-order valence-corrected chi connectivity index (χ2v) is 8.54. The molecule has 4 heteroatoms. The topological polar surface area (TPSA) is 17.1 Å². The zero-order valence-electron chi connectivity index (χ0n) is 15.6. The molecule has 0 radical (unpaired) electrons. The minimum atomic E-state index is 0. The Morgan fingerprint density at radius 3 is 2.00 bits per heavy atom. The van der Waals surface area contributed by atoms with E-state index in [0.717, 1.165) is 22.0 Å². The molecule has 24 heavy (non-hydrogen) atoms. The molecule has 0 N–H and O–H groups in total. The van der Waals surface area contributed by atoms with Crippen LogP contribution in [0, 0.1) is 20.8 Å². The minimum Gasteiger partial charge on any atom is -0.425 e. The average Bonchev–Trinajstić information content (AvgIpc) is 2.41. The van der Waals surface area contributed by atoms with Crippen molar-refractivity contribution in [3.05, 3.63) is 63.2 Å². The molecule has 2 rings (SSSR count). The molecule has 0 fully saturated rings. The van der Waals surface area contributed by atoms with E-state index in [0.29, 0.717) is 19.2 Å². The number of hydrogen-bond donors (Lipinski definition) is 0. The smallest absolute Gasteiger partial charge is 0.425 e. The first-order valence-electron chi connectivity index (χ1n) is 7.74. The van der Waals surface area contributed by atoms with E-state index in [4.69, 9.17) is 11.6 Å². The molecular formula is C20H23ClLiOP. The predicted octanol–water partition coefficient (Wildman–Crippen LogP) is 2.98. The first-order chi connectivity index (χ1) is 10.6. The van der Waals surface area contributed by atoms with Crippen molar-refractivity contribution in [1.29, 1.82) is 0 Å². The maximum atomic E-state index is 12.7. The van der Waals surface area contributed by atoms with Gasteiger partial charge in [0.2, 0.25) is 0 Å². The fourth-order valence-corrected chi connectivity index (χ4v) is 4.09. The Kier molecular flexibility index (Phi) is 7.34. The summed E-state index contributed by atoms with van der Waals surface area (Å²) in [5.41, 5.74) is 5.35. The third-order valence-electron chi connectivity index (χ3n) is 4.01. The number of benzene rings is 2. The summed E-state index contributed by atoms with van der Waals surface area (Å²) in [4.78, 5) is 12.7. The van der Waals surface area contributed by atoms with Gasteiger partial charge in [0.1, 0.15) is 0 Å². The standard InChI is InChI=1S/C20H23ClOP.Li/c1-12-8-7-9-16(21)17(12)19(22)23-18-13(2)10-15(11-14(18)3)20(4,5)6;/h7-11H,1-6H3;/q-1;+1. The fraction of sp³-hybridized carbons (Fsp3) is 0.350. The third kappa shape index (κ3) is 4.74. The summed E-state index contributed by atoms with van der Waals surface area (Å²) in [5.74, 6) is 0. The van der Waals surface area contributed by atoms with Crippen molar-refractivity contribution in [2.45, 2.75) is 47.0 Å². The zero-order valence-corrected chi connectivity index (χ0v) is 17.3. The van der Waals surface area contributed by atoms with E-state index in [1.807, 2.05) is 19.1 Å². The van der Waals surface area contributed by atoms with E-state index >= 15 is 0 Å². The molecule has 0 saturated heterocycles. The van der Waals surface area contributed by atoms with Crippen LogP contribution in [0.15, 0.2) is 30.3 Å². The van der Waals surface area contributed by atoms with Crippen molar-refractivity contribution in [1.82, 2.24) is 0 Å². The molecule has 1 nitrogen and oxygen atoms in total. The molecule has 122 valence electrons. The van der Waals surface area contributed by atoms with Crippen LogP contribution in [-0.2, 0) is 5.41 Å². The molecule has 0 saturated carbocycles. The van der Waals surface area contributed by atoms with E-state index in [2.05, 4.69) is 46.8 Å². The Bertz CT molecular complexity index is 719. The van der Waals surface area contributed by atoms with Crippen LogP contribution in [0.25, 0.3) is 0 Å². The van der Waals surface area contributed by atoms with Gasteiger partial charge in [-0.2, -0.15) is 5.30 Å². The molecule has 0 spiro atoms. The van der Waals surface area contributed by atoms with Gasteiger partial charge < -0.3 is 13.4 Å². The van der Waals surface area contributed by atoms with Gasteiger partial charge in [-0.25, -0.2) is 0 Å². The second-order valence-electron chi connectivity index (χ2n) is 7.06. The Hall–Kier alpha value is -0.573. The number of rotatable bonds is 3. The number of hydrogen-bond acceptors (Lipinski definition) is 1. The van der Waals surface area contributed by atoms with Crippen LogP contribution in [-0.4, -0.2) is 5.52 Å². The molecule has 0 amide bonds. The first kappa shape index (κ1) is 21.5.